The first-order valence-corrected chi connectivity index (χ1v) is 7.16. The molecule has 12 N–H and O–H groups in total. The first-order valence-electron chi connectivity index (χ1n) is 7.16. The summed E-state index contributed by atoms with van der Waals surface area (Å²) < 4.78 is 0. The monoisotopic (exact) mass is 279 g/mol. The lowest BCUT2D eigenvalue weighted by Crippen LogP contribution is -2.32. The van der Waals surface area contributed by atoms with Gasteiger partial charge in [0.05, 0.1) is 0 Å². The van der Waals surface area contributed by atoms with Gasteiger partial charge in [-0.3, -0.25) is 0 Å². The first-order chi connectivity index (χ1) is 9.24. The molecule has 0 radical (unpaired) electrons. The van der Waals surface area contributed by atoms with Crippen molar-refractivity contribution in [1.29, 1.82) is 0 Å². The van der Waals surface area contributed by atoms with Gasteiger partial charge in [0.1, 0.15) is 0 Å². The van der Waals surface area contributed by atoms with Crippen molar-refractivity contribution in [2.24, 2.45) is 28.7 Å². The van der Waals surface area contributed by atoms with Crippen molar-refractivity contribution in [2.75, 3.05) is 58.9 Å². The second-order valence-electron chi connectivity index (χ2n) is 3.80. The summed E-state index contributed by atoms with van der Waals surface area (Å²) in [6.07, 6.45) is 2.39. The van der Waals surface area contributed by atoms with Crippen LogP contribution in [0.2, 0.25) is 0 Å². The van der Waals surface area contributed by atoms with Crippen LogP contribution in [0.3, 0.4) is 0 Å². The van der Waals surface area contributed by atoms with Crippen molar-refractivity contribution in [2.45, 2.75) is 19.8 Å². The van der Waals surface area contributed by atoms with E-state index in [9.17, 15) is 0 Å². The number of unbranched alkanes of at least 4 members (excludes halogenated alkanes) is 1. The second kappa shape index (κ2) is 30.6. The maximum atomic E-state index is 5.27. The summed E-state index contributed by atoms with van der Waals surface area (Å²) in [5.74, 6) is 0. The number of hydrogen-bond acceptors (Lipinski definition) is 7. The molecule has 0 bridgehead atoms. The number of nitrogens with two attached hydrogens (primary N) is 5. The molecule has 0 saturated carbocycles. The van der Waals surface area contributed by atoms with Gasteiger partial charge in [0.25, 0.3) is 0 Å². The molecule has 7 nitrogen and oxygen atoms in total. The van der Waals surface area contributed by atoms with Gasteiger partial charge in [0.2, 0.25) is 0 Å². The Morgan fingerprint density at radius 1 is 0.579 bits per heavy atom. The summed E-state index contributed by atoms with van der Waals surface area (Å²) in [5, 5.41) is 6.33. The second-order valence-corrected chi connectivity index (χ2v) is 3.80. The normalized spacial score (nSPS) is 9.16. The Kier molecular flexibility index (Phi) is 38.3. The van der Waals surface area contributed by atoms with E-state index in [0.29, 0.717) is 26.2 Å². The van der Waals surface area contributed by atoms with Crippen LogP contribution < -0.4 is 39.3 Å². The molecule has 120 valence electrons. The van der Waals surface area contributed by atoms with Gasteiger partial charge in [-0.25, -0.2) is 0 Å². The Morgan fingerprint density at radius 2 is 1.00 bits per heavy atom. The minimum Gasteiger partial charge on any atom is -0.330 e. The summed E-state index contributed by atoms with van der Waals surface area (Å²) in [4.78, 5) is 0. The molecule has 0 spiro atoms. The van der Waals surface area contributed by atoms with Gasteiger partial charge in [-0.1, -0.05) is 13.3 Å². The molecule has 0 atom stereocenters. The number of rotatable bonds is 10. The Labute approximate surface area is 119 Å². The zero-order chi connectivity index (χ0) is 15.2. The molecule has 0 fully saturated rings. The molecule has 0 aromatic rings. The number of hydrogen-bond donors (Lipinski definition) is 7. The third-order valence-corrected chi connectivity index (χ3v) is 1.85. The third kappa shape index (κ3) is 46.3. The fourth-order valence-electron chi connectivity index (χ4n) is 0.835. The topological polar surface area (TPSA) is 154 Å². The molecule has 0 aliphatic carbocycles. The molecule has 0 amide bonds. The highest BCUT2D eigenvalue weighted by molar-refractivity contribution is 4.51. The van der Waals surface area contributed by atoms with E-state index >= 15 is 0 Å². The molecule has 0 aromatic heterocycles. The maximum absolute atomic E-state index is 5.27. The van der Waals surface area contributed by atoms with Crippen LogP contribution in [-0.2, 0) is 0 Å². The van der Waals surface area contributed by atoms with Gasteiger partial charge in [-0.2, -0.15) is 0 Å². The highest BCUT2D eigenvalue weighted by atomic mass is 14.9. The molecule has 0 unspecified atom stereocenters. The summed E-state index contributed by atoms with van der Waals surface area (Å²) in [7, 11) is 0. The fourth-order valence-corrected chi connectivity index (χ4v) is 0.835. The lowest BCUT2D eigenvalue weighted by Gasteiger charge is -2.03. The molecule has 0 rings (SSSR count). The van der Waals surface area contributed by atoms with Crippen LogP contribution in [0.4, 0.5) is 0 Å². The zero-order valence-corrected chi connectivity index (χ0v) is 12.7. The lowest BCUT2D eigenvalue weighted by molar-refractivity contribution is 0.618. The highest BCUT2D eigenvalue weighted by Crippen LogP contribution is 1.77. The van der Waals surface area contributed by atoms with E-state index in [0.717, 1.165) is 32.7 Å². The summed E-state index contributed by atoms with van der Waals surface area (Å²) in [6.45, 7) is 9.31. The Hall–Kier alpha value is -0.280. The number of nitrogens with one attached hydrogen (secondary N) is 2. The van der Waals surface area contributed by atoms with Crippen molar-refractivity contribution in [3.8, 4) is 0 Å². The minimum absolute atomic E-state index is 0.597. The largest absolute Gasteiger partial charge is 0.330 e. The van der Waals surface area contributed by atoms with Crippen molar-refractivity contribution in [3.63, 3.8) is 0 Å². The summed E-state index contributed by atoms with van der Waals surface area (Å²) >= 11 is 0. The van der Waals surface area contributed by atoms with E-state index in [1.54, 1.807) is 0 Å². The molecule has 0 aromatic carbocycles. The Bertz CT molecular complexity index is 102. The Balaban J connectivity index is -0.000000238. The fraction of sp³-hybridized carbons (Fsp3) is 1.00. The molecular weight excluding hydrogens is 242 g/mol. The molecule has 0 heterocycles. The molecule has 0 aliphatic heterocycles. The van der Waals surface area contributed by atoms with E-state index in [1.807, 2.05) is 0 Å². The van der Waals surface area contributed by atoms with Gasteiger partial charge in [-0.15, -0.1) is 0 Å². The SMILES string of the molecule is CCCCN.NCCN.NCCNCCNCCN. The third-order valence-electron chi connectivity index (χ3n) is 1.85. The Morgan fingerprint density at radius 3 is 1.16 bits per heavy atom. The van der Waals surface area contributed by atoms with Crippen LogP contribution in [0.5, 0.6) is 0 Å². The van der Waals surface area contributed by atoms with Gasteiger partial charge in [0.15, 0.2) is 0 Å². The molecule has 7 heteroatoms. The maximum Gasteiger partial charge on any atom is 0.00772 e. The first kappa shape index (κ1) is 23.8. The van der Waals surface area contributed by atoms with Crippen LogP contribution in [0, 0.1) is 0 Å². The van der Waals surface area contributed by atoms with Crippen LogP contribution in [-0.4, -0.2) is 58.9 Å². The van der Waals surface area contributed by atoms with Gasteiger partial charge < -0.3 is 39.3 Å². The zero-order valence-electron chi connectivity index (χ0n) is 12.7. The van der Waals surface area contributed by atoms with E-state index < -0.39 is 0 Å². The van der Waals surface area contributed by atoms with E-state index in [1.165, 1.54) is 12.8 Å². The molecule has 19 heavy (non-hydrogen) atoms. The van der Waals surface area contributed by atoms with Crippen molar-refractivity contribution >= 4 is 0 Å². The quantitative estimate of drug-likeness (QED) is 0.222. The average molecular weight is 279 g/mol. The van der Waals surface area contributed by atoms with Crippen molar-refractivity contribution in [3.05, 3.63) is 0 Å². The standard InChI is InChI=1S/C6H18N4.C4H11N.C2H8N2/c7-1-3-9-5-6-10-4-2-8;1-2-3-4-5;3-1-2-4/h9-10H,1-8H2;2-5H2,1H3;1-4H2. The van der Waals surface area contributed by atoms with Crippen LogP contribution in [0.1, 0.15) is 19.8 Å². The smallest absolute Gasteiger partial charge is 0.00772 e. The highest BCUT2D eigenvalue weighted by Gasteiger charge is 1.83. The predicted octanol–water partition coefficient (Wildman–Crippen LogP) is -2.27. The summed E-state index contributed by atoms with van der Waals surface area (Å²) in [6, 6.07) is 0. The summed E-state index contributed by atoms with van der Waals surface area (Å²) in [5.41, 5.74) is 25.5. The minimum atomic E-state index is 0.597. The van der Waals surface area contributed by atoms with E-state index in [2.05, 4.69) is 17.6 Å². The van der Waals surface area contributed by atoms with Crippen LogP contribution in [0.15, 0.2) is 0 Å². The molecule has 0 aliphatic rings. The predicted molar refractivity (Wildman–Crippen MR) is 85.9 cm³/mol. The van der Waals surface area contributed by atoms with Crippen LogP contribution in [0.25, 0.3) is 0 Å². The van der Waals surface area contributed by atoms with Gasteiger partial charge >= 0.3 is 0 Å². The van der Waals surface area contributed by atoms with E-state index in [-0.39, 0.29) is 0 Å². The van der Waals surface area contributed by atoms with E-state index in [4.69, 9.17) is 28.7 Å². The van der Waals surface area contributed by atoms with Crippen LogP contribution >= 0.6 is 0 Å². The van der Waals surface area contributed by atoms with Crippen molar-refractivity contribution < 1.29 is 0 Å². The van der Waals surface area contributed by atoms with Gasteiger partial charge in [-0.05, 0) is 13.0 Å². The molecular formula is C12H37N7. The van der Waals surface area contributed by atoms with Gasteiger partial charge in [0, 0.05) is 52.4 Å². The van der Waals surface area contributed by atoms with Crippen molar-refractivity contribution in [1.82, 2.24) is 10.6 Å². The molecule has 0 saturated heterocycles. The average Bonchev–Trinajstić information content (AvgIpc) is 2.45. The lowest BCUT2D eigenvalue weighted by atomic mass is 10.3.